The lowest BCUT2D eigenvalue weighted by molar-refractivity contribution is -0.119. The van der Waals surface area contributed by atoms with Crippen LogP contribution in [0.1, 0.15) is 12.5 Å². The van der Waals surface area contributed by atoms with Crippen LogP contribution in [0.4, 0.5) is 8.78 Å². The summed E-state index contributed by atoms with van der Waals surface area (Å²) < 4.78 is 28.5. The first kappa shape index (κ1) is 27.1. The van der Waals surface area contributed by atoms with Crippen LogP contribution in [0.3, 0.4) is 0 Å². The predicted octanol–water partition coefficient (Wildman–Crippen LogP) is 4.73. The minimum atomic E-state index is -0.517. The Balaban J connectivity index is 2.67. The highest BCUT2D eigenvalue weighted by molar-refractivity contribution is 8.00. The van der Waals surface area contributed by atoms with E-state index >= 15 is 0 Å². The zero-order valence-electron chi connectivity index (χ0n) is 18.9. The number of halogens is 2. The summed E-state index contributed by atoms with van der Waals surface area (Å²) in [6, 6.07) is 0. The van der Waals surface area contributed by atoms with E-state index in [0.29, 0.717) is 10.6 Å². The van der Waals surface area contributed by atoms with Gasteiger partial charge in [0, 0.05) is 18.3 Å². The number of rotatable bonds is 10. The summed E-state index contributed by atoms with van der Waals surface area (Å²) in [6.45, 7) is 9.44. The molecule has 2 rings (SSSR count). The maximum Gasteiger partial charge on any atom is 0.267 e. The van der Waals surface area contributed by atoms with Gasteiger partial charge in [0.05, 0.1) is 11.3 Å². The molecule has 0 aromatic carbocycles. The Bertz CT molecular complexity index is 1250. The normalized spacial score (nSPS) is 13.5. The van der Waals surface area contributed by atoms with Gasteiger partial charge in [-0.2, -0.15) is 0 Å². The average molecular weight is 503 g/mol. The van der Waals surface area contributed by atoms with E-state index in [1.807, 2.05) is 0 Å². The van der Waals surface area contributed by atoms with Crippen molar-refractivity contribution >= 4 is 40.7 Å². The van der Waals surface area contributed by atoms with Crippen molar-refractivity contribution in [3.63, 3.8) is 0 Å². The fourth-order valence-corrected chi connectivity index (χ4v) is 4.16. The van der Waals surface area contributed by atoms with E-state index in [1.54, 1.807) is 13.3 Å². The SMILES string of the molecule is C=C(C1=C=CC=C(F)C=C1)c1c(SC)nc(SCC(=O)NNC)n(C(=C)/C=C\C(F)=C/C)c1=O. The zero-order valence-corrected chi connectivity index (χ0v) is 20.6. The molecule has 0 radical (unpaired) electrons. The van der Waals surface area contributed by atoms with Gasteiger partial charge in [0.15, 0.2) is 5.16 Å². The average Bonchev–Trinajstić information content (AvgIpc) is 3.04. The minimum absolute atomic E-state index is 0.0385. The van der Waals surface area contributed by atoms with Crippen LogP contribution >= 0.6 is 23.5 Å². The molecule has 0 spiro atoms. The van der Waals surface area contributed by atoms with Crippen LogP contribution in [0.5, 0.6) is 0 Å². The summed E-state index contributed by atoms with van der Waals surface area (Å²) in [5.41, 5.74) is 8.36. The van der Waals surface area contributed by atoms with E-state index in [9.17, 15) is 18.4 Å². The molecule has 0 bridgehead atoms. The lowest BCUT2D eigenvalue weighted by Gasteiger charge is -2.17. The molecule has 1 aromatic heterocycles. The van der Waals surface area contributed by atoms with Gasteiger partial charge in [0.25, 0.3) is 5.56 Å². The molecule has 0 atom stereocenters. The second-order valence-corrected chi connectivity index (χ2v) is 8.33. The van der Waals surface area contributed by atoms with Crippen LogP contribution in [0.25, 0.3) is 11.3 Å². The Hall–Kier alpha value is -3.17. The number of allylic oxidation sites excluding steroid dienone is 11. The molecular formula is C24H24F2N4O2S2. The summed E-state index contributed by atoms with van der Waals surface area (Å²) in [7, 11) is 1.55. The summed E-state index contributed by atoms with van der Waals surface area (Å²) >= 11 is 2.24. The fourth-order valence-electron chi connectivity index (χ4n) is 2.69. The maximum absolute atomic E-state index is 13.7. The molecule has 1 aliphatic rings. The van der Waals surface area contributed by atoms with E-state index < -0.39 is 17.2 Å². The maximum atomic E-state index is 13.7. The standard InChI is InChI=1S/C24H24F2N4O2S2/c1-6-18(25)12-10-15(2)30-23(32)21(16(3)17-8-7-9-19(26)13-11-17)22(33-5)28-24(30)34-14-20(31)29-27-4/h6-7,9-13,27H,2-3,14H2,1,4-5H3,(H,29,31)/b12-10-,18-6+. The van der Waals surface area contributed by atoms with E-state index in [4.69, 9.17) is 0 Å². The number of nitrogens with one attached hydrogen (secondary N) is 2. The largest absolute Gasteiger partial charge is 0.291 e. The van der Waals surface area contributed by atoms with E-state index in [2.05, 4.69) is 34.7 Å². The van der Waals surface area contributed by atoms with Gasteiger partial charge in [-0.15, -0.1) is 17.5 Å². The topological polar surface area (TPSA) is 76.0 Å². The highest BCUT2D eigenvalue weighted by Gasteiger charge is 2.22. The van der Waals surface area contributed by atoms with Crippen molar-refractivity contribution in [3.8, 4) is 0 Å². The van der Waals surface area contributed by atoms with Gasteiger partial charge in [-0.1, -0.05) is 31.0 Å². The highest BCUT2D eigenvalue weighted by Crippen LogP contribution is 2.30. The monoisotopic (exact) mass is 502 g/mol. The first-order valence-electron chi connectivity index (χ1n) is 9.92. The molecule has 1 amide bonds. The number of carbonyl (C=O) groups is 1. The molecule has 0 fully saturated rings. The van der Waals surface area contributed by atoms with E-state index in [0.717, 1.165) is 11.8 Å². The Labute approximate surface area is 205 Å². The third-order valence-electron chi connectivity index (χ3n) is 4.32. The first-order valence-corrected chi connectivity index (χ1v) is 12.1. The third-order valence-corrected chi connectivity index (χ3v) is 5.95. The van der Waals surface area contributed by atoms with Crippen LogP contribution in [0.2, 0.25) is 0 Å². The number of hydrogen-bond acceptors (Lipinski definition) is 6. The zero-order chi connectivity index (χ0) is 25.3. The van der Waals surface area contributed by atoms with E-state index in [1.165, 1.54) is 65.8 Å². The molecule has 1 heterocycles. The van der Waals surface area contributed by atoms with Crippen LogP contribution in [0.15, 0.2) is 93.6 Å². The van der Waals surface area contributed by atoms with E-state index in [-0.39, 0.29) is 33.7 Å². The molecule has 34 heavy (non-hydrogen) atoms. The quantitative estimate of drug-likeness (QED) is 0.120. The summed E-state index contributed by atoms with van der Waals surface area (Å²) in [4.78, 5) is 30.2. The molecule has 10 heteroatoms. The van der Waals surface area contributed by atoms with Crippen molar-refractivity contribution in [2.75, 3.05) is 19.1 Å². The molecular weight excluding hydrogens is 478 g/mol. The Morgan fingerprint density at radius 2 is 2.06 bits per heavy atom. The minimum Gasteiger partial charge on any atom is -0.291 e. The van der Waals surface area contributed by atoms with Gasteiger partial charge < -0.3 is 0 Å². The van der Waals surface area contributed by atoms with Gasteiger partial charge in [-0.05, 0) is 55.2 Å². The fraction of sp³-hybridized carbons (Fsp3) is 0.167. The second kappa shape index (κ2) is 12.9. The van der Waals surface area contributed by atoms with Crippen LogP contribution in [-0.4, -0.2) is 34.5 Å². The highest BCUT2D eigenvalue weighted by atomic mass is 32.2. The molecule has 0 saturated carbocycles. The first-order chi connectivity index (χ1) is 16.2. The molecule has 0 unspecified atom stereocenters. The molecule has 1 aromatic rings. The van der Waals surface area contributed by atoms with Gasteiger partial charge in [0.1, 0.15) is 16.7 Å². The van der Waals surface area contributed by atoms with Crippen LogP contribution < -0.4 is 16.4 Å². The van der Waals surface area contributed by atoms with Gasteiger partial charge in [0.2, 0.25) is 5.91 Å². The molecule has 0 aliphatic heterocycles. The summed E-state index contributed by atoms with van der Waals surface area (Å²) in [5.74, 6) is -1.35. The van der Waals surface area contributed by atoms with Crippen molar-refractivity contribution < 1.29 is 13.6 Å². The predicted molar refractivity (Wildman–Crippen MR) is 137 cm³/mol. The van der Waals surface area contributed by atoms with Gasteiger partial charge in [-0.25, -0.2) is 19.2 Å². The number of amides is 1. The number of thioether (sulfide) groups is 2. The third kappa shape index (κ3) is 6.91. The van der Waals surface area contributed by atoms with Crippen molar-refractivity contribution in [2.24, 2.45) is 0 Å². The molecule has 0 saturated heterocycles. The second-order valence-electron chi connectivity index (χ2n) is 6.59. The molecule has 1 aliphatic carbocycles. The number of hydrogen-bond donors (Lipinski definition) is 2. The number of hydrazine groups is 1. The van der Waals surface area contributed by atoms with Crippen molar-refractivity contribution in [2.45, 2.75) is 17.1 Å². The number of aromatic nitrogens is 2. The smallest absolute Gasteiger partial charge is 0.267 e. The van der Waals surface area contributed by atoms with Gasteiger partial charge in [-0.3, -0.25) is 19.6 Å². The number of carbonyl (C=O) groups excluding carboxylic acids is 1. The van der Waals surface area contributed by atoms with Crippen LogP contribution in [-0.2, 0) is 4.79 Å². The lowest BCUT2D eigenvalue weighted by atomic mass is 10.0. The lowest BCUT2D eigenvalue weighted by Crippen LogP contribution is -2.35. The molecule has 2 N–H and O–H groups in total. The summed E-state index contributed by atoms with van der Waals surface area (Å²) in [5, 5.41) is 0.556. The molecule has 178 valence electrons. The van der Waals surface area contributed by atoms with Gasteiger partial charge >= 0.3 is 0 Å². The summed E-state index contributed by atoms with van der Waals surface area (Å²) in [6.07, 6.45) is 10.9. The Morgan fingerprint density at radius 1 is 1.32 bits per heavy atom. The molecule has 6 nitrogen and oxygen atoms in total. The van der Waals surface area contributed by atoms with Crippen molar-refractivity contribution in [1.29, 1.82) is 0 Å². The van der Waals surface area contributed by atoms with Crippen molar-refractivity contribution in [1.82, 2.24) is 20.4 Å². The number of nitrogens with zero attached hydrogens (tertiary/aromatic N) is 2. The Kier molecular flexibility index (Phi) is 10.3. The Morgan fingerprint density at radius 3 is 2.71 bits per heavy atom. The van der Waals surface area contributed by atoms with Crippen molar-refractivity contribution in [3.05, 3.63) is 94.6 Å². The van der Waals surface area contributed by atoms with Crippen LogP contribution in [0, 0.1) is 0 Å².